The summed E-state index contributed by atoms with van der Waals surface area (Å²) in [5.74, 6) is 0. The third-order valence-corrected chi connectivity index (χ3v) is 4.94. The summed E-state index contributed by atoms with van der Waals surface area (Å²) in [6, 6.07) is 0. The minimum Gasteiger partial charge on any atom is -0.397 e. The molecule has 2 heteroatoms. The van der Waals surface area contributed by atoms with E-state index in [4.69, 9.17) is 5.11 Å². The number of unbranched alkanes of at least 4 members (excludes halogenated alkanes) is 8. The Kier molecular flexibility index (Phi) is 22.8. The summed E-state index contributed by atoms with van der Waals surface area (Å²) in [6.07, 6.45) is 16.9. The van der Waals surface area contributed by atoms with Crippen LogP contribution in [0.15, 0.2) is 0 Å². The number of hydrogen-bond acceptors (Lipinski definition) is 1. The maximum absolute atomic E-state index is 7.57. The van der Waals surface area contributed by atoms with E-state index in [1.807, 2.05) is 0 Å². The predicted molar refractivity (Wildman–Crippen MR) is 111 cm³/mol. The van der Waals surface area contributed by atoms with Crippen LogP contribution in [0.5, 0.6) is 0 Å². The number of hydrogen-bond donors (Lipinski definition) is 1. The highest BCUT2D eigenvalue weighted by Crippen LogP contribution is 2.18. The highest BCUT2D eigenvalue weighted by Gasteiger charge is 2.25. The SMILES string of the molecule is CCCCC[N+](CCCCC)(CCCCC)CCCCC.CCO. The quantitative estimate of drug-likeness (QED) is 0.248. The lowest BCUT2D eigenvalue weighted by atomic mass is 10.1. The van der Waals surface area contributed by atoms with Gasteiger partial charge in [0.2, 0.25) is 0 Å². The second kappa shape index (κ2) is 21.0. The summed E-state index contributed by atoms with van der Waals surface area (Å²) < 4.78 is 1.44. The van der Waals surface area contributed by atoms with Gasteiger partial charge in [-0.2, -0.15) is 0 Å². The first-order valence-electron chi connectivity index (χ1n) is 11.1. The van der Waals surface area contributed by atoms with Crippen molar-refractivity contribution in [3.63, 3.8) is 0 Å². The van der Waals surface area contributed by atoms with Gasteiger partial charge < -0.3 is 9.59 Å². The molecule has 0 aliphatic heterocycles. The van der Waals surface area contributed by atoms with Crippen LogP contribution in [0.1, 0.15) is 112 Å². The van der Waals surface area contributed by atoms with E-state index in [9.17, 15) is 0 Å². The van der Waals surface area contributed by atoms with Crippen molar-refractivity contribution in [2.75, 3.05) is 32.8 Å². The summed E-state index contributed by atoms with van der Waals surface area (Å²) in [5, 5.41) is 7.57. The van der Waals surface area contributed by atoms with Gasteiger partial charge >= 0.3 is 0 Å². The van der Waals surface area contributed by atoms with Gasteiger partial charge in [-0.25, -0.2) is 0 Å². The van der Waals surface area contributed by atoms with Gasteiger partial charge in [0, 0.05) is 6.61 Å². The molecule has 0 spiro atoms. The number of rotatable bonds is 16. The summed E-state index contributed by atoms with van der Waals surface area (Å²) in [7, 11) is 0. The van der Waals surface area contributed by atoms with Crippen LogP contribution in [0.25, 0.3) is 0 Å². The van der Waals surface area contributed by atoms with Gasteiger partial charge in [0.05, 0.1) is 26.2 Å². The molecule has 0 aromatic heterocycles. The van der Waals surface area contributed by atoms with Gasteiger partial charge in [-0.3, -0.25) is 0 Å². The lowest BCUT2D eigenvalue weighted by molar-refractivity contribution is -0.929. The molecule has 1 N–H and O–H groups in total. The summed E-state index contributed by atoms with van der Waals surface area (Å²) in [4.78, 5) is 0. The molecule has 0 aromatic rings. The Morgan fingerprint density at radius 3 is 0.833 bits per heavy atom. The van der Waals surface area contributed by atoms with Crippen LogP contribution in [-0.4, -0.2) is 42.4 Å². The van der Waals surface area contributed by atoms with Crippen molar-refractivity contribution in [3.05, 3.63) is 0 Å². The second-order valence-corrected chi connectivity index (χ2v) is 7.38. The first-order valence-corrected chi connectivity index (χ1v) is 11.1. The van der Waals surface area contributed by atoms with Crippen LogP contribution in [0.3, 0.4) is 0 Å². The monoisotopic (exact) mass is 344 g/mol. The number of aliphatic hydroxyl groups excluding tert-OH is 1. The highest BCUT2D eigenvalue weighted by atomic mass is 16.2. The van der Waals surface area contributed by atoms with Crippen LogP contribution < -0.4 is 0 Å². The number of aliphatic hydroxyl groups is 1. The molecule has 0 heterocycles. The van der Waals surface area contributed by atoms with E-state index in [-0.39, 0.29) is 6.61 Å². The van der Waals surface area contributed by atoms with E-state index in [0.717, 1.165) is 0 Å². The lowest BCUT2D eigenvalue weighted by Gasteiger charge is -2.39. The van der Waals surface area contributed by atoms with Gasteiger partial charge in [0.25, 0.3) is 0 Å². The molecule has 0 atom stereocenters. The van der Waals surface area contributed by atoms with Crippen molar-refractivity contribution in [1.82, 2.24) is 0 Å². The first kappa shape index (κ1) is 26.2. The normalized spacial score (nSPS) is 11.2. The van der Waals surface area contributed by atoms with E-state index in [2.05, 4.69) is 27.7 Å². The average molecular weight is 345 g/mol. The highest BCUT2D eigenvalue weighted by molar-refractivity contribution is 4.51. The largest absolute Gasteiger partial charge is 0.397 e. The van der Waals surface area contributed by atoms with E-state index >= 15 is 0 Å². The van der Waals surface area contributed by atoms with Gasteiger partial charge in [-0.1, -0.05) is 53.4 Å². The number of quaternary nitrogens is 1. The molecular weight excluding hydrogens is 294 g/mol. The molecule has 0 aromatic carbocycles. The Morgan fingerprint density at radius 1 is 0.458 bits per heavy atom. The predicted octanol–water partition coefficient (Wildman–Crippen LogP) is 6.56. The molecule has 0 fully saturated rings. The fraction of sp³-hybridized carbons (Fsp3) is 1.00. The molecule has 0 rings (SSSR count). The van der Waals surface area contributed by atoms with E-state index < -0.39 is 0 Å². The molecule has 0 radical (unpaired) electrons. The van der Waals surface area contributed by atoms with Crippen molar-refractivity contribution in [2.24, 2.45) is 0 Å². The zero-order chi connectivity index (χ0) is 18.5. The lowest BCUT2D eigenvalue weighted by Crippen LogP contribution is -2.50. The minimum absolute atomic E-state index is 0.250. The Morgan fingerprint density at radius 2 is 0.667 bits per heavy atom. The van der Waals surface area contributed by atoms with Crippen molar-refractivity contribution in [2.45, 2.75) is 112 Å². The molecule has 148 valence electrons. The summed E-state index contributed by atoms with van der Waals surface area (Å²) >= 11 is 0. The van der Waals surface area contributed by atoms with Crippen LogP contribution in [0, 0.1) is 0 Å². The maximum atomic E-state index is 7.57. The van der Waals surface area contributed by atoms with Gasteiger partial charge in [-0.15, -0.1) is 0 Å². The molecule has 24 heavy (non-hydrogen) atoms. The van der Waals surface area contributed by atoms with Crippen LogP contribution in [0.2, 0.25) is 0 Å². The topological polar surface area (TPSA) is 20.2 Å². The third kappa shape index (κ3) is 16.8. The molecule has 0 unspecified atom stereocenters. The van der Waals surface area contributed by atoms with Crippen molar-refractivity contribution in [1.29, 1.82) is 0 Å². The Balaban J connectivity index is 0. The number of nitrogens with zero attached hydrogens (tertiary/aromatic N) is 1. The van der Waals surface area contributed by atoms with Crippen molar-refractivity contribution >= 4 is 0 Å². The van der Waals surface area contributed by atoms with E-state index in [0.29, 0.717) is 0 Å². The Hall–Kier alpha value is -0.0800. The molecular formula is C22H50NO+. The van der Waals surface area contributed by atoms with Crippen LogP contribution in [-0.2, 0) is 0 Å². The molecule has 0 amide bonds. The zero-order valence-corrected chi connectivity index (χ0v) is 17.9. The fourth-order valence-electron chi connectivity index (χ4n) is 3.46. The Labute approximate surface area is 154 Å². The average Bonchev–Trinajstić information content (AvgIpc) is 2.56. The third-order valence-electron chi connectivity index (χ3n) is 4.94. The molecule has 0 bridgehead atoms. The van der Waals surface area contributed by atoms with Crippen molar-refractivity contribution in [3.8, 4) is 0 Å². The second-order valence-electron chi connectivity index (χ2n) is 7.38. The maximum Gasteiger partial charge on any atom is 0.0786 e. The molecule has 0 saturated carbocycles. The molecule has 0 aliphatic carbocycles. The van der Waals surface area contributed by atoms with Crippen LogP contribution in [0.4, 0.5) is 0 Å². The van der Waals surface area contributed by atoms with Crippen LogP contribution >= 0.6 is 0 Å². The zero-order valence-electron chi connectivity index (χ0n) is 17.9. The van der Waals surface area contributed by atoms with Gasteiger partial charge in [0.15, 0.2) is 0 Å². The van der Waals surface area contributed by atoms with Gasteiger partial charge in [-0.05, 0) is 58.3 Å². The van der Waals surface area contributed by atoms with Crippen molar-refractivity contribution < 1.29 is 9.59 Å². The minimum atomic E-state index is 0.250. The van der Waals surface area contributed by atoms with E-state index in [1.165, 1.54) is 108 Å². The molecule has 0 aliphatic rings. The summed E-state index contributed by atoms with van der Waals surface area (Å²) in [5.41, 5.74) is 0. The summed E-state index contributed by atoms with van der Waals surface area (Å²) in [6.45, 7) is 17.1. The fourth-order valence-corrected chi connectivity index (χ4v) is 3.46. The van der Waals surface area contributed by atoms with Gasteiger partial charge in [0.1, 0.15) is 0 Å². The standard InChI is InChI=1S/C20H44N.C2H6O/c1-5-9-13-17-21(18-14-10-6-2,19-15-11-7-3)20-16-12-8-4;1-2-3/h5-20H2,1-4H3;3H,2H2,1H3/q+1;. The first-order chi connectivity index (χ1) is 11.7. The van der Waals surface area contributed by atoms with E-state index in [1.54, 1.807) is 6.92 Å². The smallest absolute Gasteiger partial charge is 0.0786 e. The molecule has 0 saturated heterocycles. The Bertz CT molecular complexity index is 173. The molecule has 2 nitrogen and oxygen atoms in total.